The van der Waals surface area contributed by atoms with Crippen molar-refractivity contribution in [1.29, 1.82) is 0 Å². The number of nitrogens with zero attached hydrogens (tertiary/aromatic N) is 2. The molecule has 0 radical (unpaired) electrons. The molecule has 3 atom stereocenters. The largest absolute Gasteiger partial charge is 0.469 e. The van der Waals surface area contributed by atoms with Crippen molar-refractivity contribution in [3.8, 4) is 0 Å². The van der Waals surface area contributed by atoms with E-state index in [1.165, 1.54) is 38.6 Å². The molecule has 0 saturated carbocycles. The van der Waals surface area contributed by atoms with E-state index >= 15 is 0 Å². The topological polar surface area (TPSA) is 307 Å². The molecule has 0 saturated heterocycles. The number of carbonyl (C=O) groups is 8. The van der Waals surface area contributed by atoms with Gasteiger partial charge in [-0.1, -0.05) is 52.5 Å². The summed E-state index contributed by atoms with van der Waals surface area (Å²) in [5.41, 5.74) is 0.981. The number of aromatic nitrogens is 1. The van der Waals surface area contributed by atoms with E-state index in [2.05, 4.69) is 31.6 Å². The Hall–Kier alpha value is -5.93. The summed E-state index contributed by atoms with van der Waals surface area (Å²) in [6.07, 6.45) is 0.456. The average molecular weight is 1220 g/mol. The first-order valence-electron chi connectivity index (χ1n) is 25.8. The summed E-state index contributed by atoms with van der Waals surface area (Å²) in [4.78, 5) is 105. The molecule has 448 valence electrons. The van der Waals surface area contributed by atoms with Gasteiger partial charge in [0.1, 0.15) is 11.9 Å². The highest BCUT2D eigenvalue weighted by atomic mass is 35.5. The van der Waals surface area contributed by atoms with Gasteiger partial charge in [-0.3, -0.25) is 38.5 Å². The van der Waals surface area contributed by atoms with Crippen LogP contribution in [0.1, 0.15) is 74.6 Å². The lowest BCUT2D eigenvalue weighted by atomic mass is 10.0. The highest BCUT2D eigenvalue weighted by molar-refractivity contribution is 6.35. The predicted octanol–water partition coefficient (Wildman–Crippen LogP) is 5.18. The number of ether oxygens (including phenoxy) is 8. The third kappa shape index (κ3) is 31.2. The molecular formula is C53H71Cl4N7O17. The Balaban J connectivity index is 1.23. The lowest BCUT2D eigenvalue weighted by Gasteiger charge is -2.24. The van der Waals surface area contributed by atoms with E-state index in [4.69, 9.17) is 84.3 Å². The zero-order valence-electron chi connectivity index (χ0n) is 45.2. The molecule has 1 heterocycles. The Labute approximate surface area is 490 Å². The summed E-state index contributed by atoms with van der Waals surface area (Å²) in [5.74, 6) is -3.07. The van der Waals surface area contributed by atoms with Crippen molar-refractivity contribution in [3.63, 3.8) is 0 Å². The van der Waals surface area contributed by atoms with Crippen LogP contribution in [0.15, 0.2) is 60.8 Å². The van der Waals surface area contributed by atoms with E-state index in [0.29, 0.717) is 27.6 Å². The summed E-state index contributed by atoms with van der Waals surface area (Å²) >= 11 is 24.6. The highest BCUT2D eigenvalue weighted by Crippen LogP contribution is 2.27. The van der Waals surface area contributed by atoms with Gasteiger partial charge in [0.15, 0.2) is 0 Å². The Kier molecular flexibility index (Phi) is 35.2. The van der Waals surface area contributed by atoms with Crippen molar-refractivity contribution in [2.75, 3.05) is 118 Å². The first kappa shape index (κ1) is 69.3. The quantitative estimate of drug-likeness (QED) is 0.0314. The molecule has 3 unspecified atom stereocenters. The SMILES string of the molecule is COC(=O)CC(NC(=O)CCOCCOCCOCCNC(=O)CCC(=O)NCCOCCOCCOCC(NC(=O)CCCCN(C(=O)O)c1ccccn1)C(=O)NC(CC(=O)OC)c1cc(Cl)cc(Cl)c1)c1cc(Cl)cc(Cl)c1. The molecule has 6 N–H and O–H groups in total. The summed E-state index contributed by atoms with van der Waals surface area (Å²) in [6.45, 7) is 2.34. The second kappa shape index (κ2) is 41.1. The van der Waals surface area contributed by atoms with Gasteiger partial charge in [-0.05, 0) is 72.5 Å². The minimum Gasteiger partial charge on any atom is -0.469 e. The van der Waals surface area contributed by atoms with Crippen LogP contribution in [0.4, 0.5) is 10.6 Å². The highest BCUT2D eigenvalue weighted by Gasteiger charge is 2.27. The lowest BCUT2D eigenvalue weighted by Crippen LogP contribution is -2.50. The van der Waals surface area contributed by atoms with Gasteiger partial charge in [-0.2, -0.15) is 0 Å². The van der Waals surface area contributed by atoms with Gasteiger partial charge in [-0.25, -0.2) is 9.78 Å². The van der Waals surface area contributed by atoms with Crippen LogP contribution in [0.3, 0.4) is 0 Å². The number of esters is 2. The van der Waals surface area contributed by atoms with Gasteiger partial charge in [0.05, 0.1) is 118 Å². The number of pyridine rings is 1. The fourth-order valence-corrected chi connectivity index (χ4v) is 8.29. The van der Waals surface area contributed by atoms with Gasteiger partial charge < -0.3 is 69.6 Å². The molecule has 3 aromatic rings. The van der Waals surface area contributed by atoms with Gasteiger partial charge >= 0.3 is 18.0 Å². The Morgan fingerprint density at radius 3 is 1.46 bits per heavy atom. The van der Waals surface area contributed by atoms with Crippen LogP contribution >= 0.6 is 46.4 Å². The number of hydrogen-bond acceptors (Lipinski definition) is 17. The van der Waals surface area contributed by atoms with Crippen LogP contribution in [0.2, 0.25) is 20.1 Å². The summed E-state index contributed by atoms with van der Waals surface area (Å²) in [6, 6.07) is 11.4. The zero-order valence-corrected chi connectivity index (χ0v) is 48.2. The van der Waals surface area contributed by atoms with Gasteiger partial charge in [0.25, 0.3) is 0 Å². The number of unbranched alkanes of at least 4 members (excludes halogenated alkanes) is 1. The zero-order chi connectivity index (χ0) is 59.2. The molecule has 0 spiro atoms. The molecule has 81 heavy (non-hydrogen) atoms. The van der Waals surface area contributed by atoms with Crippen LogP contribution < -0.4 is 31.5 Å². The Bertz CT molecular complexity index is 2390. The average Bonchev–Trinajstić information content (AvgIpc) is 3.45. The first-order valence-corrected chi connectivity index (χ1v) is 27.3. The van der Waals surface area contributed by atoms with E-state index in [1.54, 1.807) is 36.4 Å². The minimum atomic E-state index is -1.23. The molecule has 28 heteroatoms. The van der Waals surface area contributed by atoms with Gasteiger partial charge in [0.2, 0.25) is 29.5 Å². The fraction of sp³-hybridized carbons (Fsp3) is 0.528. The Morgan fingerprint density at radius 1 is 0.531 bits per heavy atom. The van der Waals surface area contributed by atoms with Crippen molar-refractivity contribution in [3.05, 3.63) is 92.0 Å². The molecular weight excluding hydrogens is 1150 g/mol. The standard InChI is InChI=1S/C53H71Cl4N7O17/c1-74-50(69)33-42(36-27-38(54)31-39(55)28-36)61-49(68)11-16-76-19-22-79-23-20-77-17-13-59-46(65)9-10-47(66)60-14-18-78-21-24-80-25-26-81-35-44(52(71)63-43(34-51(70)75-2)37-29-40(56)32-41(57)30-37)62-48(67)8-4-6-15-64(53(72)73)45-7-3-5-12-58-45/h3,5,7,12,27-32,42-44H,4,6,8-11,13-26,33-35H2,1-2H3,(H,59,65)(H,60,66)(H,61,68)(H,62,67)(H,63,71)(H,72,73). The Morgan fingerprint density at radius 2 is 0.988 bits per heavy atom. The maximum absolute atomic E-state index is 13.7. The lowest BCUT2D eigenvalue weighted by molar-refractivity contribution is -0.142. The number of methoxy groups -OCH3 is 2. The number of nitrogens with one attached hydrogen (secondary N) is 5. The number of rotatable bonds is 42. The van der Waals surface area contributed by atoms with E-state index < -0.39 is 48.0 Å². The molecule has 1 aromatic heterocycles. The third-order valence-corrected chi connectivity index (χ3v) is 12.1. The molecule has 2 aromatic carbocycles. The van der Waals surface area contributed by atoms with Crippen molar-refractivity contribution in [2.45, 2.75) is 69.5 Å². The van der Waals surface area contributed by atoms with Gasteiger partial charge in [-0.15, -0.1) is 0 Å². The van der Waals surface area contributed by atoms with Crippen molar-refractivity contribution in [2.24, 2.45) is 0 Å². The van der Waals surface area contributed by atoms with Crippen molar-refractivity contribution in [1.82, 2.24) is 31.6 Å². The van der Waals surface area contributed by atoms with E-state index in [1.807, 2.05) is 0 Å². The third-order valence-electron chi connectivity index (χ3n) is 11.2. The molecule has 0 aliphatic carbocycles. The monoisotopic (exact) mass is 1220 g/mol. The summed E-state index contributed by atoms with van der Waals surface area (Å²) in [5, 5.41) is 24.5. The van der Waals surface area contributed by atoms with E-state index in [9.17, 15) is 43.5 Å². The summed E-state index contributed by atoms with van der Waals surface area (Å²) < 4.78 is 42.8. The second-order valence-corrected chi connectivity index (χ2v) is 19.2. The van der Waals surface area contributed by atoms with Crippen molar-refractivity contribution >= 4 is 99.8 Å². The minimum absolute atomic E-state index is 0.0206. The smallest absolute Gasteiger partial charge is 0.413 e. The van der Waals surface area contributed by atoms with Crippen LogP contribution in [0.5, 0.6) is 0 Å². The van der Waals surface area contributed by atoms with Crippen molar-refractivity contribution < 1.29 is 81.4 Å². The maximum atomic E-state index is 13.7. The predicted molar refractivity (Wildman–Crippen MR) is 298 cm³/mol. The van der Waals surface area contributed by atoms with E-state index in [-0.39, 0.29) is 177 Å². The molecule has 0 aliphatic rings. The number of benzene rings is 2. The normalized spacial score (nSPS) is 12.1. The second-order valence-electron chi connectivity index (χ2n) is 17.4. The fourth-order valence-electron chi connectivity index (χ4n) is 7.20. The number of amides is 6. The molecule has 6 amide bonds. The number of anilines is 1. The number of carboxylic acid groups (broad SMARTS) is 1. The molecule has 24 nitrogen and oxygen atoms in total. The molecule has 0 fully saturated rings. The molecule has 0 bridgehead atoms. The summed E-state index contributed by atoms with van der Waals surface area (Å²) in [7, 11) is 2.46. The first-order chi connectivity index (χ1) is 39.0. The number of carbonyl (C=O) groups excluding carboxylic acids is 7. The number of hydrogen-bond donors (Lipinski definition) is 6. The maximum Gasteiger partial charge on any atom is 0.413 e. The van der Waals surface area contributed by atoms with E-state index in [0.717, 1.165) is 4.90 Å². The van der Waals surface area contributed by atoms with Crippen LogP contribution in [0, 0.1) is 0 Å². The molecule has 0 aliphatic heterocycles. The van der Waals surface area contributed by atoms with Crippen LogP contribution in [0.25, 0.3) is 0 Å². The molecule has 3 rings (SSSR count). The van der Waals surface area contributed by atoms with Gasteiger partial charge in [0, 0.05) is 71.6 Å². The van der Waals surface area contributed by atoms with Crippen LogP contribution in [-0.2, 0) is 71.5 Å². The number of halogens is 4. The van der Waals surface area contributed by atoms with Crippen LogP contribution in [-0.4, -0.2) is 177 Å².